The van der Waals surface area contributed by atoms with Crippen LogP contribution in [0.25, 0.3) is 0 Å². The lowest BCUT2D eigenvalue weighted by molar-refractivity contribution is 0.0183. The van der Waals surface area contributed by atoms with Crippen molar-refractivity contribution in [3.8, 4) is 0 Å². The summed E-state index contributed by atoms with van der Waals surface area (Å²) in [5.41, 5.74) is -0.376. The number of ether oxygens (including phenoxy) is 1. The molecule has 1 saturated heterocycles. The summed E-state index contributed by atoms with van der Waals surface area (Å²) >= 11 is 0. The second-order valence-corrected chi connectivity index (χ2v) is 5.32. The molecule has 0 N–H and O–H groups in total. The summed E-state index contributed by atoms with van der Waals surface area (Å²) in [7, 11) is 0. The van der Waals surface area contributed by atoms with Crippen LogP contribution in [0.5, 0.6) is 0 Å². The molecule has 1 heterocycles. The Morgan fingerprint density at radius 2 is 1.53 bits per heavy atom. The molecule has 0 radical (unpaired) electrons. The van der Waals surface area contributed by atoms with Gasteiger partial charge in [-0.15, -0.1) is 0 Å². The van der Waals surface area contributed by atoms with Crippen LogP contribution < -0.4 is 0 Å². The standard InChI is InChI=1S/C12H23NO2.2C2H6/c1-5-10-6-8-13(9-7-10)11(14)15-12(2,3)4;2*1-2/h10H,5-9H2,1-4H3;2*1-2H3. The number of nitrogens with zero attached hydrogens (tertiary/aromatic N) is 1. The summed E-state index contributed by atoms with van der Waals surface area (Å²) in [6, 6.07) is 0. The van der Waals surface area contributed by atoms with Crippen molar-refractivity contribution in [1.82, 2.24) is 4.90 Å². The Labute approximate surface area is 120 Å². The number of hydrogen-bond donors (Lipinski definition) is 0. The van der Waals surface area contributed by atoms with E-state index >= 15 is 0 Å². The second-order valence-electron chi connectivity index (χ2n) is 5.32. The van der Waals surface area contributed by atoms with E-state index in [4.69, 9.17) is 4.74 Å². The fraction of sp³-hybridized carbons (Fsp3) is 0.938. The highest BCUT2D eigenvalue weighted by atomic mass is 16.6. The van der Waals surface area contributed by atoms with Gasteiger partial charge in [-0.05, 0) is 39.5 Å². The molecule has 3 nitrogen and oxygen atoms in total. The van der Waals surface area contributed by atoms with Crippen LogP contribution in [0.2, 0.25) is 0 Å². The van der Waals surface area contributed by atoms with Gasteiger partial charge in [-0.3, -0.25) is 0 Å². The molecule has 0 saturated carbocycles. The van der Waals surface area contributed by atoms with Crippen LogP contribution in [0.4, 0.5) is 4.79 Å². The van der Waals surface area contributed by atoms with Gasteiger partial charge >= 0.3 is 6.09 Å². The molecule has 0 atom stereocenters. The van der Waals surface area contributed by atoms with E-state index in [1.807, 2.05) is 53.4 Å². The van der Waals surface area contributed by atoms with Gasteiger partial charge in [0.1, 0.15) is 5.60 Å². The molecule has 1 aliphatic rings. The molecule has 116 valence electrons. The third-order valence-corrected chi connectivity index (χ3v) is 2.84. The molecule has 1 amide bonds. The third kappa shape index (κ3) is 9.80. The SMILES string of the molecule is CC.CC.CCC1CCN(C(=O)OC(C)(C)C)CC1. The first-order valence-electron chi connectivity index (χ1n) is 7.90. The molecule has 0 spiro atoms. The molecule has 0 aliphatic carbocycles. The van der Waals surface area contributed by atoms with Crippen molar-refractivity contribution in [2.24, 2.45) is 5.92 Å². The van der Waals surface area contributed by atoms with Gasteiger partial charge in [0.2, 0.25) is 0 Å². The second kappa shape index (κ2) is 11.1. The molecule has 1 aliphatic heterocycles. The van der Waals surface area contributed by atoms with Gasteiger partial charge in [0.05, 0.1) is 0 Å². The number of hydrogen-bond acceptors (Lipinski definition) is 2. The van der Waals surface area contributed by atoms with Crippen molar-refractivity contribution in [2.45, 2.75) is 80.3 Å². The lowest BCUT2D eigenvalue weighted by Crippen LogP contribution is -2.41. The molecule has 0 aromatic rings. The molecule has 0 aromatic heterocycles. The predicted molar refractivity (Wildman–Crippen MR) is 83.5 cm³/mol. The zero-order valence-electron chi connectivity index (χ0n) is 14.4. The van der Waals surface area contributed by atoms with Crippen LogP contribution in [-0.2, 0) is 4.74 Å². The lowest BCUT2D eigenvalue weighted by Gasteiger charge is -2.33. The van der Waals surface area contributed by atoms with Crippen molar-refractivity contribution >= 4 is 6.09 Å². The summed E-state index contributed by atoms with van der Waals surface area (Å²) in [6.07, 6.45) is 3.31. The maximum absolute atomic E-state index is 11.7. The van der Waals surface area contributed by atoms with E-state index in [-0.39, 0.29) is 11.7 Å². The molecule has 0 unspecified atom stereocenters. The normalized spacial score (nSPS) is 15.7. The van der Waals surface area contributed by atoms with Gasteiger partial charge in [-0.2, -0.15) is 0 Å². The Morgan fingerprint density at radius 3 is 1.84 bits per heavy atom. The summed E-state index contributed by atoms with van der Waals surface area (Å²) in [4.78, 5) is 13.5. The zero-order chi connectivity index (χ0) is 15.5. The maximum Gasteiger partial charge on any atom is 0.410 e. The smallest absolute Gasteiger partial charge is 0.410 e. The Morgan fingerprint density at radius 1 is 1.11 bits per heavy atom. The van der Waals surface area contributed by atoms with Gasteiger partial charge in [0.15, 0.2) is 0 Å². The van der Waals surface area contributed by atoms with Gasteiger partial charge in [-0.25, -0.2) is 4.79 Å². The highest BCUT2D eigenvalue weighted by Crippen LogP contribution is 2.21. The van der Waals surface area contributed by atoms with E-state index in [1.54, 1.807) is 0 Å². The molecule has 19 heavy (non-hydrogen) atoms. The maximum atomic E-state index is 11.7. The van der Waals surface area contributed by atoms with Crippen LogP contribution >= 0.6 is 0 Å². The van der Waals surface area contributed by atoms with Gasteiger partial charge in [-0.1, -0.05) is 41.0 Å². The highest BCUT2D eigenvalue weighted by molar-refractivity contribution is 5.68. The van der Waals surface area contributed by atoms with Crippen molar-refractivity contribution in [2.75, 3.05) is 13.1 Å². The summed E-state index contributed by atoms with van der Waals surface area (Å²) in [5, 5.41) is 0. The van der Waals surface area contributed by atoms with Crippen molar-refractivity contribution in [3.05, 3.63) is 0 Å². The van der Waals surface area contributed by atoms with Crippen LogP contribution in [0.1, 0.15) is 74.7 Å². The third-order valence-electron chi connectivity index (χ3n) is 2.84. The van der Waals surface area contributed by atoms with E-state index in [0.717, 1.165) is 31.8 Å². The fourth-order valence-electron chi connectivity index (χ4n) is 1.85. The van der Waals surface area contributed by atoms with Crippen LogP contribution in [0.3, 0.4) is 0 Å². The summed E-state index contributed by atoms with van der Waals surface area (Å²) < 4.78 is 5.33. The average molecular weight is 273 g/mol. The first-order chi connectivity index (χ1) is 8.92. The van der Waals surface area contributed by atoms with Crippen LogP contribution in [-0.4, -0.2) is 29.7 Å². The molecular weight excluding hydrogens is 238 g/mol. The first kappa shape index (κ1) is 20.6. The van der Waals surface area contributed by atoms with Crippen molar-refractivity contribution in [1.29, 1.82) is 0 Å². The zero-order valence-corrected chi connectivity index (χ0v) is 14.4. The van der Waals surface area contributed by atoms with E-state index in [1.165, 1.54) is 6.42 Å². The lowest BCUT2D eigenvalue weighted by atomic mass is 9.95. The molecule has 0 bridgehead atoms. The number of carbonyl (C=O) groups is 1. The van der Waals surface area contributed by atoms with Crippen molar-refractivity contribution < 1.29 is 9.53 Å². The van der Waals surface area contributed by atoms with Gasteiger partial charge in [0, 0.05) is 13.1 Å². The van der Waals surface area contributed by atoms with Crippen LogP contribution in [0.15, 0.2) is 0 Å². The average Bonchev–Trinajstić information content (AvgIpc) is 2.41. The largest absolute Gasteiger partial charge is 0.444 e. The van der Waals surface area contributed by atoms with Gasteiger partial charge < -0.3 is 9.64 Å². The Bertz CT molecular complexity index is 213. The van der Waals surface area contributed by atoms with E-state index < -0.39 is 0 Å². The molecule has 1 rings (SSSR count). The van der Waals surface area contributed by atoms with E-state index in [9.17, 15) is 4.79 Å². The molecule has 3 heteroatoms. The highest BCUT2D eigenvalue weighted by Gasteiger charge is 2.25. The minimum atomic E-state index is -0.376. The number of rotatable bonds is 1. The van der Waals surface area contributed by atoms with E-state index in [0.29, 0.717) is 0 Å². The minimum absolute atomic E-state index is 0.156. The van der Waals surface area contributed by atoms with Crippen molar-refractivity contribution in [3.63, 3.8) is 0 Å². The Hall–Kier alpha value is -0.730. The first-order valence-corrected chi connectivity index (χ1v) is 7.90. The monoisotopic (exact) mass is 273 g/mol. The quantitative estimate of drug-likeness (QED) is 0.665. The number of carbonyl (C=O) groups excluding carboxylic acids is 1. The predicted octanol–water partition coefficient (Wildman–Crippen LogP) is 5.10. The van der Waals surface area contributed by atoms with Crippen LogP contribution in [0, 0.1) is 5.92 Å². The fourth-order valence-corrected chi connectivity index (χ4v) is 1.85. The Balaban J connectivity index is 0. The summed E-state index contributed by atoms with van der Waals surface area (Å²) in [5.74, 6) is 0.795. The number of amides is 1. The minimum Gasteiger partial charge on any atom is -0.444 e. The number of piperidine rings is 1. The van der Waals surface area contributed by atoms with Gasteiger partial charge in [0.25, 0.3) is 0 Å². The number of likely N-dealkylation sites (tertiary alicyclic amines) is 1. The topological polar surface area (TPSA) is 29.5 Å². The molecule has 0 aromatic carbocycles. The van der Waals surface area contributed by atoms with E-state index in [2.05, 4.69) is 6.92 Å². The molecule has 1 fully saturated rings. The summed E-state index contributed by atoms with van der Waals surface area (Å²) in [6.45, 7) is 17.6. The Kier molecular flexibility index (Phi) is 12.1. The molecular formula is C16H35NO2.